The topological polar surface area (TPSA) is 48.3 Å². The molecule has 0 unspecified atom stereocenters. The number of rotatable bonds is 6. The molecular weight excluding hydrogens is 317 g/mol. The molecule has 0 bridgehead atoms. The minimum Gasteiger partial charge on any atom is -0.379 e. The largest absolute Gasteiger partial charge is 0.379 e. The Morgan fingerprint density at radius 3 is 2.40 bits per heavy atom. The SMILES string of the molecule is N#Cc1ccc(CNC[C@@H](c2ccc(F)cc2)N2CCOCC2)cc1. The van der Waals surface area contributed by atoms with Crippen molar-refractivity contribution in [3.05, 3.63) is 71.0 Å². The molecular formula is C20H22FN3O. The molecule has 1 saturated heterocycles. The highest BCUT2D eigenvalue weighted by atomic mass is 19.1. The van der Waals surface area contributed by atoms with Gasteiger partial charge < -0.3 is 10.1 Å². The van der Waals surface area contributed by atoms with E-state index >= 15 is 0 Å². The number of hydrogen-bond acceptors (Lipinski definition) is 4. The maximum Gasteiger partial charge on any atom is 0.123 e. The second-order valence-corrected chi connectivity index (χ2v) is 6.16. The molecule has 0 aliphatic carbocycles. The van der Waals surface area contributed by atoms with E-state index in [0.717, 1.165) is 50.5 Å². The molecule has 130 valence electrons. The summed E-state index contributed by atoms with van der Waals surface area (Å²) in [5, 5.41) is 12.3. The number of hydrogen-bond donors (Lipinski definition) is 1. The average Bonchev–Trinajstić information content (AvgIpc) is 2.67. The monoisotopic (exact) mass is 339 g/mol. The summed E-state index contributed by atoms with van der Waals surface area (Å²) in [4.78, 5) is 2.38. The molecule has 1 atom stereocenters. The number of nitriles is 1. The van der Waals surface area contributed by atoms with Crippen molar-refractivity contribution in [2.45, 2.75) is 12.6 Å². The fourth-order valence-corrected chi connectivity index (χ4v) is 3.08. The first-order chi connectivity index (χ1) is 12.3. The van der Waals surface area contributed by atoms with Crippen molar-refractivity contribution in [3.63, 3.8) is 0 Å². The van der Waals surface area contributed by atoms with E-state index in [1.54, 1.807) is 0 Å². The van der Waals surface area contributed by atoms with Crippen molar-refractivity contribution in [1.82, 2.24) is 10.2 Å². The van der Waals surface area contributed by atoms with Gasteiger partial charge in [0.1, 0.15) is 5.82 Å². The van der Waals surface area contributed by atoms with Crippen LogP contribution in [-0.4, -0.2) is 37.7 Å². The Kier molecular flexibility index (Phi) is 6.13. The van der Waals surface area contributed by atoms with Crippen LogP contribution in [0.5, 0.6) is 0 Å². The minimum absolute atomic E-state index is 0.183. The van der Waals surface area contributed by atoms with E-state index in [1.165, 1.54) is 12.1 Å². The second-order valence-electron chi connectivity index (χ2n) is 6.16. The Hall–Kier alpha value is -2.26. The van der Waals surface area contributed by atoms with Gasteiger partial charge in [0.05, 0.1) is 24.8 Å². The summed E-state index contributed by atoms with van der Waals surface area (Å²) in [5.41, 5.74) is 2.91. The molecule has 0 amide bonds. The summed E-state index contributed by atoms with van der Waals surface area (Å²) < 4.78 is 18.7. The van der Waals surface area contributed by atoms with Crippen molar-refractivity contribution in [2.24, 2.45) is 0 Å². The van der Waals surface area contributed by atoms with Crippen LogP contribution in [0.1, 0.15) is 22.7 Å². The van der Waals surface area contributed by atoms with Gasteiger partial charge in [0.25, 0.3) is 0 Å². The van der Waals surface area contributed by atoms with Crippen molar-refractivity contribution in [1.29, 1.82) is 5.26 Å². The van der Waals surface area contributed by atoms with Gasteiger partial charge in [0.15, 0.2) is 0 Å². The Labute approximate surface area is 147 Å². The van der Waals surface area contributed by atoms with Gasteiger partial charge in [0, 0.05) is 32.2 Å². The fourth-order valence-electron chi connectivity index (χ4n) is 3.08. The molecule has 0 saturated carbocycles. The molecule has 1 aliphatic heterocycles. The van der Waals surface area contributed by atoms with Gasteiger partial charge >= 0.3 is 0 Å². The molecule has 4 nitrogen and oxygen atoms in total. The van der Waals surface area contributed by atoms with E-state index in [2.05, 4.69) is 16.3 Å². The third-order valence-corrected chi connectivity index (χ3v) is 4.49. The highest BCUT2D eigenvalue weighted by Gasteiger charge is 2.22. The van der Waals surface area contributed by atoms with Gasteiger partial charge in [-0.3, -0.25) is 4.90 Å². The number of ether oxygens (including phenoxy) is 1. The molecule has 0 radical (unpaired) electrons. The maximum atomic E-state index is 13.3. The lowest BCUT2D eigenvalue weighted by Crippen LogP contribution is -2.42. The van der Waals surface area contributed by atoms with E-state index in [4.69, 9.17) is 10.00 Å². The Morgan fingerprint density at radius 1 is 1.08 bits per heavy atom. The third kappa shape index (κ3) is 4.86. The van der Waals surface area contributed by atoms with Crippen molar-refractivity contribution in [3.8, 4) is 6.07 Å². The minimum atomic E-state index is -0.213. The smallest absolute Gasteiger partial charge is 0.123 e. The molecule has 0 spiro atoms. The highest BCUT2D eigenvalue weighted by molar-refractivity contribution is 5.31. The summed E-state index contributed by atoms with van der Waals surface area (Å²) in [7, 11) is 0. The van der Waals surface area contributed by atoms with Crippen LogP contribution in [-0.2, 0) is 11.3 Å². The van der Waals surface area contributed by atoms with Crippen molar-refractivity contribution in [2.75, 3.05) is 32.8 Å². The standard InChI is InChI=1S/C20H22FN3O/c21-19-7-5-18(6-8-19)20(24-9-11-25-12-10-24)15-23-14-17-3-1-16(13-22)2-4-17/h1-8,20,23H,9-12,14-15H2/t20-/m0/s1. The molecule has 0 aromatic heterocycles. The van der Waals surface area contributed by atoms with Crippen LogP contribution in [0.3, 0.4) is 0 Å². The zero-order valence-electron chi connectivity index (χ0n) is 14.1. The predicted molar refractivity (Wildman–Crippen MR) is 94.4 cm³/mol. The number of morpholine rings is 1. The number of halogens is 1. The van der Waals surface area contributed by atoms with Crippen LogP contribution in [0.15, 0.2) is 48.5 Å². The van der Waals surface area contributed by atoms with Gasteiger partial charge in [0.2, 0.25) is 0 Å². The van der Waals surface area contributed by atoms with E-state index < -0.39 is 0 Å². The lowest BCUT2D eigenvalue weighted by molar-refractivity contribution is 0.0161. The molecule has 1 fully saturated rings. The number of nitrogens with zero attached hydrogens (tertiary/aromatic N) is 2. The van der Waals surface area contributed by atoms with Crippen LogP contribution < -0.4 is 5.32 Å². The van der Waals surface area contributed by atoms with Gasteiger partial charge in [-0.15, -0.1) is 0 Å². The Balaban J connectivity index is 1.64. The predicted octanol–water partition coefficient (Wildman–Crippen LogP) is 2.86. The van der Waals surface area contributed by atoms with Crippen molar-refractivity contribution < 1.29 is 9.13 Å². The fraction of sp³-hybridized carbons (Fsp3) is 0.350. The zero-order valence-corrected chi connectivity index (χ0v) is 14.1. The molecule has 5 heteroatoms. The first-order valence-electron chi connectivity index (χ1n) is 8.53. The van der Waals surface area contributed by atoms with Crippen LogP contribution in [0.25, 0.3) is 0 Å². The molecule has 1 heterocycles. The van der Waals surface area contributed by atoms with Crippen LogP contribution >= 0.6 is 0 Å². The number of nitrogens with one attached hydrogen (secondary N) is 1. The van der Waals surface area contributed by atoms with E-state index in [-0.39, 0.29) is 11.9 Å². The Morgan fingerprint density at radius 2 is 1.76 bits per heavy atom. The summed E-state index contributed by atoms with van der Waals surface area (Å²) in [6.45, 7) is 4.71. The van der Waals surface area contributed by atoms with Gasteiger partial charge in [-0.25, -0.2) is 4.39 Å². The lowest BCUT2D eigenvalue weighted by atomic mass is 10.0. The Bertz CT molecular complexity index is 703. The first-order valence-corrected chi connectivity index (χ1v) is 8.53. The van der Waals surface area contributed by atoms with E-state index in [0.29, 0.717) is 5.56 Å². The molecule has 1 aliphatic rings. The first kappa shape index (κ1) is 17.6. The molecule has 2 aromatic carbocycles. The summed E-state index contributed by atoms with van der Waals surface area (Å²) in [6.07, 6.45) is 0. The van der Waals surface area contributed by atoms with Gasteiger partial charge in [-0.2, -0.15) is 5.26 Å². The molecule has 1 N–H and O–H groups in total. The maximum absolute atomic E-state index is 13.3. The van der Waals surface area contributed by atoms with Crippen molar-refractivity contribution >= 4 is 0 Å². The summed E-state index contributed by atoms with van der Waals surface area (Å²) in [6, 6.07) is 16.7. The van der Waals surface area contributed by atoms with Crippen LogP contribution in [0.4, 0.5) is 4.39 Å². The van der Waals surface area contributed by atoms with E-state index in [9.17, 15) is 4.39 Å². The normalized spacial score (nSPS) is 16.3. The van der Waals surface area contributed by atoms with E-state index in [1.807, 2.05) is 36.4 Å². The molecule has 25 heavy (non-hydrogen) atoms. The van der Waals surface area contributed by atoms with Gasteiger partial charge in [-0.05, 0) is 35.4 Å². The quantitative estimate of drug-likeness (QED) is 0.879. The number of benzene rings is 2. The molecule has 2 aromatic rings. The average molecular weight is 339 g/mol. The second kappa shape index (κ2) is 8.72. The summed E-state index contributed by atoms with van der Waals surface area (Å²) >= 11 is 0. The molecule has 3 rings (SSSR count). The lowest BCUT2D eigenvalue weighted by Gasteiger charge is -2.35. The highest BCUT2D eigenvalue weighted by Crippen LogP contribution is 2.22. The zero-order chi connectivity index (χ0) is 17.5. The third-order valence-electron chi connectivity index (χ3n) is 4.49. The van der Waals surface area contributed by atoms with Crippen LogP contribution in [0, 0.1) is 17.1 Å². The summed E-state index contributed by atoms with van der Waals surface area (Å²) in [5.74, 6) is -0.213. The van der Waals surface area contributed by atoms with Crippen LogP contribution in [0.2, 0.25) is 0 Å². The van der Waals surface area contributed by atoms with Gasteiger partial charge in [-0.1, -0.05) is 24.3 Å².